The molecule has 1 aromatic heterocycles. The van der Waals surface area contributed by atoms with Crippen molar-refractivity contribution in [2.24, 2.45) is 5.73 Å². The predicted molar refractivity (Wildman–Crippen MR) is 90.6 cm³/mol. The zero-order valence-corrected chi connectivity index (χ0v) is 13.2. The molecule has 0 aliphatic heterocycles. The number of hydrogen-bond acceptors (Lipinski definition) is 3. The number of rotatable bonds is 3. The average molecular weight is 315 g/mol. The van der Waals surface area contributed by atoms with Gasteiger partial charge in [0.1, 0.15) is 5.01 Å². The molecule has 4 heteroatoms. The lowest BCUT2D eigenvalue weighted by molar-refractivity contribution is 1.07. The van der Waals surface area contributed by atoms with Gasteiger partial charge >= 0.3 is 0 Å². The molecular formula is C17H15ClN2S. The topological polar surface area (TPSA) is 38.9 Å². The molecule has 0 aliphatic carbocycles. The van der Waals surface area contributed by atoms with Crippen LogP contribution in [0.25, 0.3) is 21.8 Å². The first-order chi connectivity index (χ1) is 10.2. The smallest absolute Gasteiger partial charge is 0.124 e. The van der Waals surface area contributed by atoms with Crippen molar-refractivity contribution in [1.29, 1.82) is 0 Å². The van der Waals surface area contributed by atoms with E-state index >= 15 is 0 Å². The molecule has 21 heavy (non-hydrogen) atoms. The number of aromatic nitrogens is 1. The summed E-state index contributed by atoms with van der Waals surface area (Å²) < 4.78 is 0. The van der Waals surface area contributed by atoms with E-state index in [1.54, 1.807) is 11.3 Å². The zero-order chi connectivity index (χ0) is 14.8. The molecular weight excluding hydrogens is 300 g/mol. The molecule has 2 aromatic carbocycles. The molecule has 0 amide bonds. The summed E-state index contributed by atoms with van der Waals surface area (Å²) in [7, 11) is 0. The lowest BCUT2D eigenvalue weighted by atomic mass is 10.1. The van der Waals surface area contributed by atoms with Gasteiger partial charge in [-0.1, -0.05) is 48.0 Å². The maximum Gasteiger partial charge on any atom is 0.124 e. The molecule has 0 atom stereocenters. The first-order valence-electron chi connectivity index (χ1n) is 6.70. The van der Waals surface area contributed by atoms with E-state index in [-0.39, 0.29) is 0 Å². The molecule has 0 saturated heterocycles. The summed E-state index contributed by atoms with van der Waals surface area (Å²) in [6.07, 6.45) is 0. The van der Waals surface area contributed by atoms with E-state index in [1.165, 1.54) is 4.88 Å². The number of nitrogens with zero attached hydrogens (tertiary/aromatic N) is 1. The van der Waals surface area contributed by atoms with Gasteiger partial charge in [-0.15, -0.1) is 11.3 Å². The van der Waals surface area contributed by atoms with E-state index in [9.17, 15) is 0 Å². The molecule has 0 fully saturated rings. The summed E-state index contributed by atoms with van der Waals surface area (Å²) >= 11 is 7.65. The van der Waals surface area contributed by atoms with Crippen LogP contribution in [0.15, 0.2) is 48.5 Å². The standard InChI is InChI=1S/C17H15ClN2S/c1-11-16(13-6-8-15(18)9-7-13)20-17(21-11)14-4-2-12(10-19)3-5-14/h2-9H,10,19H2,1H3. The van der Waals surface area contributed by atoms with Crippen LogP contribution in [-0.4, -0.2) is 4.98 Å². The Labute approximate surface area is 133 Å². The van der Waals surface area contributed by atoms with Crippen molar-refractivity contribution >= 4 is 22.9 Å². The maximum absolute atomic E-state index is 5.94. The van der Waals surface area contributed by atoms with Crippen LogP contribution in [-0.2, 0) is 6.54 Å². The van der Waals surface area contributed by atoms with Gasteiger partial charge in [0.25, 0.3) is 0 Å². The van der Waals surface area contributed by atoms with Crippen molar-refractivity contribution in [2.45, 2.75) is 13.5 Å². The van der Waals surface area contributed by atoms with Gasteiger partial charge in [0.05, 0.1) is 5.69 Å². The van der Waals surface area contributed by atoms with Crippen LogP contribution in [0.4, 0.5) is 0 Å². The van der Waals surface area contributed by atoms with E-state index in [1.807, 2.05) is 36.4 Å². The van der Waals surface area contributed by atoms with Crippen molar-refractivity contribution in [3.05, 3.63) is 64.0 Å². The maximum atomic E-state index is 5.94. The van der Waals surface area contributed by atoms with Crippen LogP contribution in [0.2, 0.25) is 5.02 Å². The third kappa shape index (κ3) is 3.00. The van der Waals surface area contributed by atoms with Crippen LogP contribution < -0.4 is 5.73 Å². The lowest BCUT2D eigenvalue weighted by Gasteiger charge is -1.99. The van der Waals surface area contributed by atoms with Gasteiger partial charge in [-0.2, -0.15) is 0 Å². The Morgan fingerprint density at radius 3 is 2.24 bits per heavy atom. The highest BCUT2D eigenvalue weighted by molar-refractivity contribution is 7.15. The molecule has 0 unspecified atom stereocenters. The van der Waals surface area contributed by atoms with Crippen molar-refractivity contribution in [3.8, 4) is 21.8 Å². The van der Waals surface area contributed by atoms with Crippen molar-refractivity contribution in [1.82, 2.24) is 4.98 Å². The van der Waals surface area contributed by atoms with E-state index in [4.69, 9.17) is 22.3 Å². The fourth-order valence-electron chi connectivity index (χ4n) is 2.18. The Morgan fingerprint density at radius 2 is 1.62 bits per heavy atom. The normalized spacial score (nSPS) is 10.8. The van der Waals surface area contributed by atoms with Crippen molar-refractivity contribution < 1.29 is 0 Å². The van der Waals surface area contributed by atoms with Crippen LogP contribution in [0.1, 0.15) is 10.4 Å². The van der Waals surface area contributed by atoms with Crippen LogP contribution >= 0.6 is 22.9 Å². The number of thiazole rings is 1. The molecule has 2 N–H and O–H groups in total. The molecule has 1 heterocycles. The Kier molecular flexibility index (Phi) is 4.06. The van der Waals surface area contributed by atoms with Gasteiger partial charge in [-0.05, 0) is 24.6 Å². The van der Waals surface area contributed by atoms with Crippen molar-refractivity contribution in [3.63, 3.8) is 0 Å². The van der Waals surface area contributed by atoms with E-state index in [0.29, 0.717) is 6.54 Å². The number of halogens is 1. The summed E-state index contributed by atoms with van der Waals surface area (Å²) in [4.78, 5) is 5.98. The molecule has 0 saturated carbocycles. The minimum absolute atomic E-state index is 0.563. The largest absolute Gasteiger partial charge is 0.326 e. The highest BCUT2D eigenvalue weighted by Crippen LogP contribution is 2.33. The highest BCUT2D eigenvalue weighted by atomic mass is 35.5. The quantitative estimate of drug-likeness (QED) is 0.747. The first-order valence-corrected chi connectivity index (χ1v) is 7.89. The second-order valence-electron chi connectivity index (χ2n) is 4.83. The summed E-state index contributed by atoms with van der Waals surface area (Å²) in [5.74, 6) is 0. The molecule has 3 aromatic rings. The summed E-state index contributed by atoms with van der Waals surface area (Å²) in [5.41, 5.74) is 10.0. The Hall–Kier alpha value is -1.68. The SMILES string of the molecule is Cc1sc(-c2ccc(CN)cc2)nc1-c1ccc(Cl)cc1. The van der Waals surface area contributed by atoms with Crippen LogP contribution in [0, 0.1) is 6.92 Å². The second kappa shape index (κ2) is 5.98. The fourth-order valence-corrected chi connectivity index (χ4v) is 3.25. The Bertz CT molecular complexity index is 745. The van der Waals surface area contributed by atoms with E-state index in [0.717, 1.165) is 32.4 Å². The van der Waals surface area contributed by atoms with Gasteiger partial charge in [0.15, 0.2) is 0 Å². The van der Waals surface area contributed by atoms with E-state index in [2.05, 4.69) is 19.1 Å². The van der Waals surface area contributed by atoms with Crippen molar-refractivity contribution in [2.75, 3.05) is 0 Å². The third-order valence-corrected chi connectivity index (χ3v) is 4.62. The number of aryl methyl sites for hydroxylation is 1. The Balaban J connectivity index is 1.98. The van der Waals surface area contributed by atoms with Gasteiger partial charge in [-0.3, -0.25) is 0 Å². The van der Waals surface area contributed by atoms with Gasteiger partial charge in [0.2, 0.25) is 0 Å². The molecule has 3 rings (SSSR count). The molecule has 0 aliphatic rings. The van der Waals surface area contributed by atoms with Gasteiger partial charge in [-0.25, -0.2) is 4.98 Å². The second-order valence-corrected chi connectivity index (χ2v) is 6.47. The summed E-state index contributed by atoms with van der Waals surface area (Å²) in [5, 5.41) is 1.77. The lowest BCUT2D eigenvalue weighted by Crippen LogP contribution is -1.95. The monoisotopic (exact) mass is 314 g/mol. The predicted octanol–water partition coefficient (Wildman–Crippen LogP) is 4.90. The molecule has 0 radical (unpaired) electrons. The summed E-state index contributed by atoms with van der Waals surface area (Å²) in [6.45, 7) is 2.66. The van der Waals surface area contributed by atoms with E-state index < -0.39 is 0 Å². The fraction of sp³-hybridized carbons (Fsp3) is 0.118. The van der Waals surface area contributed by atoms with Gasteiger partial charge in [0, 0.05) is 27.6 Å². The highest BCUT2D eigenvalue weighted by Gasteiger charge is 2.11. The molecule has 106 valence electrons. The minimum atomic E-state index is 0.563. The molecule has 2 nitrogen and oxygen atoms in total. The zero-order valence-electron chi connectivity index (χ0n) is 11.6. The average Bonchev–Trinajstić information content (AvgIpc) is 2.90. The molecule has 0 bridgehead atoms. The number of hydrogen-bond donors (Lipinski definition) is 1. The first kappa shape index (κ1) is 14.3. The number of benzene rings is 2. The van der Waals surface area contributed by atoms with Gasteiger partial charge < -0.3 is 5.73 Å². The Morgan fingerprint density at radius 1 is 1.00 bits per heavy atom. The van der Waals surface area contributed by atoms with Crippen LogP contribution in [0.5, 0.6) is 0 Å². The third-order valence-electron chi connectivity index (χ3n) is 3.35. The minimum Gasteiger partial charge on any atom is -0.326 e. The summed E-state index contributed by atoms with van der Waals surface area (Å²) in [6, 6.07) is 16.1. The molecule has 0 spiro atoms. The van der Waals surface area contributed by atoms with Crippen LogP contribution in [0.3, 0.4) is 0 Å². The number of nitrogens with two attached hydrogens (primary N) is 1.